The summed E-state index contributed by atoms with van der Waals surface area (Å²) in [7, 11) is -3.46. The first-order chi connectivity index (χ1) is 11.3. The van der Waals surface area contributed by atoms with E-state index in [1.807, 2.05) is 13.8 Å². The van der Waals surface area contributed by atoms with Crippen molar-refractivity contribution in [1.29, 1.82) is 0 Å². The minimum atomic E-state index is -3.46. The third-order valence-electron chi connectivity index (χ3n) is 4.07. The molecule has 0 spiro atoms. The molecule has 1 fully saturated rings. The molecule has 1 aromatic carbocycles. The summed E-state index contributed by atoms with van der Waals surface area (Å²) in [4.78, 5) is 12.2. The zero-order chi connectivity index (χ0) is 17.7. The second-order valence-electron chi connectivity index (χ2n) is 6.72. The van der Waals surface area contributed by atoms with E-state index in [-0.39, 0.29) is 24.1 Å². The quantitative estimate of drug-likeness (QED) is 0.834. The van der Waals surface area contributed by atoms with Crippen LogP contribution in [0.3, 0.4) is 0 Å². The number of benzene rings is 1. The van der Waals surface area contributed by atoms with Gasteiger partial charge in [0.2, 0.25) is 15.9 Å². The third-order valence-corrected chi connectivity index (χ3v) is 6.12. The van der Waals surface area contributed by atoms with Crippen LogP contribution in [-0.2, 0) is 20.6 Å². The molecule has 0 saturated carbocycles. The van der Waals surface area contributed by atoms with Crippen molar-refractivity contribution in [2.24, 2.45) is 11.8 Å². The maximum atomic E-state index is 12.7. The molecule has 1 N–H and O–H groups in total. The Balaban J connectivity index is 2.01. The van der Waals surface area contributed by atoms with Crippen molar-refractivity contribution >= 4 is 27.5 Å². The Morgan fingerprint density at radius 2 is 2.17 bits per heavy atom. The van der Waals surface area contributed by atoms with Gasteiger partial charge in [0, 0.05) is 24.7 Å². The van der Waals surface area contributed by atoms with Gasteiger partial charge in [0.15, 0.2) is 0 Å². The molecule has 1 heterocycles. The first-order valence-corrected chi connectivity index (χ1v) is 10.3. The topological polar surface area (TPSA) is 66.5 Å². The molecule has 5 nitrogen and oxygen atoms in total. The standard InChI is InChI=1S/C17H25ClN2O3S/c1-13(2)10-19-17(21)15-6-4-8-20(11-15)24(22,23)12-14-5-3-7-16(18)9-14/h3,5,7,9,13,15H,4,6,8,10-12H2,1-2H3,(H,19,21). The zero-order valence-electron chi connectivity index (χ0n) is 14.2. The summed E-state index contributed by atoms with van der Waals surface area (Å²) in [5.41, 5.74) is 0.661. The fraction of sp³-hybridized carbons (Fsp3) is 0.588. The molecule has 2 rings (SSSR count). The van der Waals surface area contributed by atoms with Crippen LogP contribution < -0.4 is 5.32 Å². The first kappa shape index (κ1) is 19.2. The van der Waals surface area contributed by atoms with E-state index in [0.717, 1.165) is 6.42 Å². The summed E-state index contributed by atoms with van der Waals surface area (Å²) in [6.45, 7) is 5.40. The average molecular weight is 373 g/mol. The number of nitrogens with one attached hydrogen (secondary N) is 1. The number of amides is 1. The molecule has 1 aromatic rings. The van der Waals surface area contributed by atoms with Gasteiger partial charge in [-0.3, -0.25) is 4.79 Å². The van der Waals surface area contributed by atoms with E-state index in [9.17, 15) is 13.2 Å². The molecule has 1 unspecified atom stereocenters. The molecule has 1 amide bonds. The van der Waals surface area contributed by atoms with Crippen molar-refractivity contribution in [2.75, 3.05) is 19.6 Å². The number of rotatable bonds is 6. The van der Waals surface area contributed by atoms with E-state index in [0.29, 0.717) is 36.0 Å². The number of piperidine rings is 1. The van der Waals surface area contributed by atoms with Crippen molar-refractivity contribution in [3.05, 3.63) is 34.9 Å². The van der Waals surface area contributed by atoms with E-state index in [1.54, 1.807) is 24.3 Å². The molecule has 1 saturated heterocycles. The van der Waals surface area contributed by atoms with Crippen molar-refractivity contribution in [3.8, 4) is 0 Å². The molecule has 1 aliphatic rings. The van der Waals surface area contributed by atoms with Crippen molar-refractivity contribution < 1.29 is 13.2 Å². The van der Waals surface area contributed by atoms with Gasteiger partial charge in [-0.25, -0.2) is 12.7 Å². The lowest BCUT2D eigenvalue weighted by Gasteiger charge is -2.31. The predicted octanol–water partition coefficient (Wildman–Crippen LogP) is 2.65. The van der Waals surface area contributed by atoms with Crippen molar-refractivity contribution in [3.63, 3.8) is 0 Å². The summed E-state index contributed by atoms with van der Waals surface area (Å²) in [6.07, 6.45) is 1.43. The zero-order valence-corrected chi connectivity index (χ0v) is 15.7. The highest BCUT2D eigenvalue weighted by atomic mass is 35.5. The second-order valence-corrected chi connectivity index (χ2v) is 9.13. The summed E-state index contributed by atoms with van der Waals surface area (Å²) < 4.78 is 26.7. The SMILES string of the molecule is CC(C)CNC(=O)C1CCCN(S(=O)(=O)Cc2cccc(Cl)c2)C1. The molecule has 7 heteroatoms. The van der Waals surface area contributed by atoms with Gasteiger partial charge in [0.1, 0.15) is 0 Å². The lowest BCUT2D eigenvalue weighted by atomic mass is 9.98. The number of nitrogens with zero attached hydrogens (tertiary/aromatic N) is 1. The van der Waals surface area contributed by atoms with E-state index < -0.39 is 10.0 Å². The van der Waals surface area contributed by atoms with E-state index in [1.165, 1.54) is 4.31 Å². The van der Waals surface area contributed by atoms with Crippen LogP contribution in [0.1, 0.15) is 32.3 Å². The van der Waals surface area contributed by atoms with Gasteiger partial charge in [0.05, 0.1) is 11.7 Å². The van der Waals surface area contributed by atoms with Gasteiger partial charge >= 0.3 is 0 Å². The fourth-order valence-corrected chi connectivity index (χ4v) is 4.60. The van der Waals surface area contributed by atoms with Crippen molar-refractivity contribution in [1.82, 2.24) is 9.62 Å². The number of sulfonamides is 1. The number of hydrogen-bond acceptors (Lipinski definition) is 3. The molecule has 0 bridgehead atoms. The molecule has 0 radical (unpaired) electrons. The fourth-order valence-electron chi connectivity index (χ4n) is 2.79. The Morgan fingerprint density at radius 1 is 1.42 bits per heavy atom. The second kappa shape index (κ2) is 8.32. The van der Waals surface area contributed by atoms with Gasteiger partial charge in [-0.2, -0.15) is 0 Å². The Morgan fingerprint density at radius 3 is 2.83 bits per heavy atom. The lowest BCUT2D eigenvalue weighted by molar-refractivity contribution is -0.126. The molecule has 134 valence electrons. The monoisotopic (exact) mass is 372 g/mol. The van der Waals surface area contributed by atoms with Crippen LogP contribution in [-0.4, -0.2) is 38.3 Å². The minimum absolute atomic E-state index is 0.0497. The van der Waals surface area contributed by atoms with E-state index >= 15 is 0 Å². The minimum Gasteiger partial charge on any atom is -0.356 e. The van der Waals surface area contributed by atoms with Gasteiger partial charge in [0.25, 0.3) is 0 Å². The van der Waals surface area contributed by atoms with Gasteiger partial charge in [-0.05, 0) is 36.5 Å². The molecule has 0 aromatic heterocycles. The largest absolute Gasteiger partial charge is 0.356 e. The van der Waals surface area contributed by atoms with E-state index in [2.05, 4.69) is 5.32 Å². The van der Waals surface area contributed by atoms with E-state index in [4.69, 9.17) is 11.6 Å². The summed E-state index contributed by atoms with van der Waals surface area (Å²) in [5, 5.41) is 3.42. The highest BCUT2D eigenvalue weighted by Gasteiger charge is 2.32. The highest BCUT2D eigenvalue weighted by molar-refractivity contribution is 7.88. The van der Waals surface area contributed by atoms with Crippen LogP contribution in [0.15, 0.2) is 24.3 Å². The smallest absolute Gasteiger partial charge is 0.224 e. The van der Waals surface area contributed by atoms with Crippen LogP contribution >= 0.6 is 11.6 Å². The lowest BCUT2D eigenvalue weighted by Crippen LogP contribution is -2.46. The number of carbonyl (C=O) groups excluding carboxylic acids is 1. The average Bonchev–Trinajstić information content (AvgIpc) is 2.52. The van der Waals surface area contributed by atoms with Gasteiger partial charge in [-0.15, -0.1) is 0 Å². The molecule has 0 aliphatic carbocycles. The van der Waals surface area contributed by atoms with Gasteiger partial charge in [-0.1, -0.05) is 37.6 Å². The number of hydrogen-bond donors (Lipinski definition) is 1. The summed E-state index contributed by atoms with van der Waals surface area (Å²) in [5.74, 6) is -0.0355. The molecule has 1 atom stereocenters. The molecule has 24 heavy (non-hydrogen) atoms. The summed E-state index contributed by atoms with van der Waals surface area (Å²) in [6, 6.07) is 6.87. The van der Waals surface area contributed by atoms with Crippen LogP contribution in [0.4, 0.5) is 0 Å². The normalized spacial score (nSPS) is 19.4. The maximum absolute atomic E-state index is 12.7. The third kappa shape index (κ3) is 5.46. The Hall–Kier alpha value is -1.11. The Kier molecular flexibility index (Phi) is 6.66. The van der Waals surface area contributed by atoms with Crippen LogP contribution in [0.2, 0.25) is 5.02 Å². The summed E-state index contributed by atoms with van der Waals surface area (Å²) >= 11 is 5.92. The number of halogens is 1. The maximum Gasteiger partial charge on any atom is 0.224 e. The Bertz CT molecular complexity index is 676. The first-order valence-electron chi connectivity index (χ1n) is 8.28. The van der Waals surface area contributed by atoms with Gasteiger partial charge < -0.3 is 5.32 Å². The van der Waals surface area contributed by atoms with Crippen LogP contribution in [0.25, 0.3) is 0 Å². The van der Waals surface area contributed by atoms with Crippen LogP contribution in [0.5, 0.6) is 0 Å². The highest BCUT2D eigenvalue weighted by Crippen LogP contribution is 2.22. The number of carbonyl (C=O) groups is 1. The molecule has 1 aliphatic heterocycles. The van der Waals surface area contributed by atoms with Crippen LogP contribution in [0, 0.1) is 11.8 Å². The Labute approximate surface area is 149 Å². The van der Waals surface area contributed by atoms with Crippen molar-refractivity contribution in [2.45, 2.75) is 32.4 Å². The predicted molar refractivity (Wildman–Crippen MR) is 96.2 cm³/mol. The molecular weight excluding hydrogens is 348 g/mol. The molecular formula is C17H25ClN2O3S.